The molecule has 0 spiro atoms. The molecule has 1 aromatic carbocycles. The lowest BCUT2D eigenvalue weighted by Crippen LogP contribution is -1.83. The lowest BCUT2D eigenvalue weighted by Gasteiger charge is -2.04. The first-order valence-electron chi connectivity index (χ1n) is 5.82. The maximum atomic E-state index is 4.19. The van der Waals surface area contributed by atoms with Gasteiger partial charge in [0.05, 0.1) is 0 Å². The fraction of sp³-hybridized carbons (Fsp3) is 0.333. The summed E-state index contributed by atoms with van der Waals surface area (Å²) in [7, 11) is 0. The van der Waals surface area contributed by atoms with E-state index in [1.807, 2.05) is 0 Å². The summed E-state index contributed by atoms with van der Waals surface area (Å²) in [6.07, 6.45) is 7.37. The number of fused-ring (bicyclic) bond motifs is 1. The van der Waals surface area contributed by atoms with Crippen molar-refractivity contribution in [3.63, 3.8) is 0 Å². The molecule has 0 bridgehead atoms. The smallest absolute Gasteiger partial charge is 0.0115 e. The molecule has 0 unspecified atom stereocenters. The number of hydrogen-bond acceptors (Lipinski definition) is 0. The first-order valence-corrected chi connectivity index (χ1v) is 5.82. The van der Waals surface area contributed by atoms with Gasteiger partial charge < -0.3 is 0 Å². The van der Waals surface area contributed by atoms with Crippen molar-refractivity contribution in [2.45, 2.75) is 32.6 Å². The van der Waals surface area contributed by atoms with Gasteiger partial charge in [-0.1, -0.05) is 56.7 Å². The molecule has 0 fully saturated rings. The van der Waals surface area contributed by atoms with E-state index in [0.717, 1.165) is 0 Å². The van der Waals surface area contributed by atoms with E-state index in [1.165, 1.54) is 48.0 Å². The number of benzene rings is 1. The molecule has 15 heavy (non-hydrogen) atoms. The highest BCUT2D eigenvalue weighted by molar-refractivity contribution is 5.93. The fourth-order valence-corrected chi connectivity index (χ4v) is 2.13. The molecule has 78 valence electrons. The second-order valence-electron chi connectivity index (χ2n) is 4.19. The van der Waals surface area contributed by atoms with Crippen LogP contribution in [0.1, 0.15) is 43.7 Å². The molecule has 0 saturated carbocycles. The molecular weight excluding hydrogens is 180 g/mol. The Morgan fingerprint density at radius 3 is 2.67 bits per heavy atom. The number of hydrogen-bond donors (Lipinski definition) is 0. The summed E-state index contributed by atoms with van der Waals surface area (Å²) in [6, 6.07) is 8.53. The minimum Gasteiger partial charge on any atom is -0.0909 e. The Hall–Kier alpha value is -1.30. The van der Waals surface area contributed by atoms with Gasteiger partial charge >= 0.3 is 0 Å². The molecule has 0 heteroatoms. The quantitative estimate of drug-likeness (QED) is 0.616. The Kier molecular flexibility index (Phi) is 3.05. The van der Waals surface area contributed by atoms with Crippen LogP contribution in [0.15, 0.2) is 36.4 Å². The van der Waals surface area contributed by atoms with Crippen molar-refractivity contribution in [3.05, 3.63) is 47.5 Å². The summed E-state index contributed by atoms with van der Waals surface area (Å²) in [5, 5.41) is 0. The second-order valence-corrected chi connectivity index (χ2v) is 4.19. The molecule has 0 heterocycles. The SMILES string of the molecule is C=C1C(CCCCC)=Cc2ccccc21. The van der Waals surface area contributed by atoms with Gasteiger partial charge in [0.15, 0.2) is 0 Å². The molecule has 1 aliphatic carbocycles. The van der Waals surface area contributed by atoms with Gasteiger partial charge in [-0.25, -0.2) is 0 Å². The zero-order valence-corrected chi connectivity index (χ0v) is 9.42. The predicted molar refractivity (Wildman–Crippen MR) is 67.6 cm³/mol. The van der Waals surface area contributed by atoms with E-state index in [-0.39, 0.29) is 0 Å². The maximum absolute atomic E-state index is 4.19. The van der Waals surface area contributed by atoms with Crippen LogP contribution < -0.4 is 0 Å². The standard InChI is InChI=1S/C15H18/c1-3-4-5-8-13-11-14-9-6-7-10-15(14)12(13)2/h6-7,9-11H,2-5,8H2,1H3. The zero-order valence-electron chi connectivity index (χ0n) is 9.42. The third-order valence-corrected chi connectivity index (χ3v) is 3.05. The van der Waals surface area contributed by atoms with Crippen molar-refractivity contribution in [3.8, 4) is 0 Å². The van der Waals surface area contributed by atoms with Crippen LogP contribution in [0.5, 0.6) is 0 Å². The Labute approximate surface area is 92.3 Å². The minimum atomic E-state index is 1.18. The van der Waals surface area contributed by atoms with E-state index in [0.29, 0.717) is 0 Å². The van der Waals surface area contributed by atoms with Crippen LogP contribution in [0, 0.1) is 0 Å². The summed E-state index contributed by atoms with van der Waals surface area (Å²) >= 11 is 0. The van der Waals surface area contributed by atoms with Gasteiger partial charge in [-0.3, -0.25) is 0 Å². The normalized spacial score (nSPS) is 13.9. The van der Waals surface area contributed by atoms with Crippen LogP contribution in [-0.4, -0.2) is 0 Å². The number of unbranched alkanes of at least 4 members (excludes halogenated alkanes) is 2. The zero-order chi connectivity index (χ0) is 10.7. The van der Waals surface area contributed by atoms with E-state index >= 15 is 0 Å². The molecule has 2 rings (SSSR count). The first kappa shape index (κ1) is 10.2. The Morgan fingerprint density at radius 1 is 1.13 bits per heavy atom. The summed E-state index contributed by atoms with van der Waals surface area (Å²) in [6.45, 7) is 6.43. The summed E-state index contributed by atoms with van der Waals surface area (Å²) in [4.78, 5) is 0. The molecule has 0 nitrogen and oxygen atoms in total. The van der Waals surface area contributed by atoms with Crippen LogP contribution >= 0.6 is 0 Å². The highest BCUT2D eigenvalue weighted by Crippen LogP contribution is 2.36. The summed E-state index contributed by atoms with van der Waals surface area (Å²) < 4.78 is 0. The average Bonchev–Trinajstić information content (AvgIpc) is 2.57. The van der Waals surface area contributed by atoms with Crippen molar-refractivity contribution >= 4 is 11.6 Å². The van der Waals surface area contributed by atoms with E-state index in [2.05, 4.69) is 43.8 Å². The minimum absolute atomic E-state index is 1.18. The van der Waals surface area contributed by atoms with Gasteiger partial charge in [-0.2, -0.15) is 0 Å². The van der Waals surface area contributed by atoms with Gasteiger partial charge in [0.25, 0.3) is 0 Å². The molecule has 0 aliphatic heterocycles. The van der Waals surface area contributed by atoms with Crippen LogP contribution in [0.2, 0.25) is 0 Å². The molecule has 1 aliphatic rings. The molecule has 0 atom stereocenters. The van der Waals surface area contributed by atoms with E-state index in [9.17, 15) is 0 Å². The third-order valence-electron chi connectivity index (χ3n) is 3.05. The number of rotatable bonds is 4. The van der Waals surface area contributed by atoms with E-state index in [4.69, 9.17) is 0 Å². The van der Waals surface area contributed by atoms with Gasteiger partial charge in [-0.15, -0.1) is 0 Å². The summed E-state index contributed by atoms with van der Waals surface area (Å²) in [5.41, 5.74) is 5.34. The molecule has 0 aromatic heterocycles. The maximum Gasteiger partial charge on any atom is -0.0115 e. The monoisotopic (exact) mass is 198 g/mol. The largest absolute Gasteiger partial charge is 0.0909 e. The Balaban J connectivity index is 2.09. The van der Waals surface area contributed by atoms with Gasteiger partial charge in [0, 0.05) is 0 Å². The van der Waals surface area contributed by atoms with Crippen LogP contribution in [0.4, 0.5) is 0 Å². The fourth-order valence-electron chi connectivity index (χ4n) is 2.13. The van der Waals surface area contributed by atoms with Crippen molar-refractivity contribution < 1.29 is 0 Å². The number of allylic oxidation sites excluding steroid dienone is 2. The molecule has 0 radical (unpaired) electrons. The van der Waals surface area contributed by atoms with Crippen LogP contribution in [0.25, 0.3) is 11.6 Å². The lowest BCUT2D eigenvalue weighted by atomic mass is 10.0. The van der Waals surface area contributed by atoms with Crippen LogP contribution in [0.3, 0.4) is 0 Å². The molecule has 1 aromatic rings. The van der Waals surface area contributed by atoms with Gasteiger partial charge in [0.2, 0.25) is 0 Å². The first-order chi connectivity index (χ1) is 7.33. The Morgan fingerprint density at radius 2 is 1.93 bits per heavy atom. The molecule has 0 saturated heterocycles. The van der Waals surface area contributed by atoms with Crippen molar-refractivity contribution in [1.82, 2.24) is 0 Å². The van der Waals surface area contributed by atoms with E-state index in [1.54, 1.807) is 0 Å². The van der Waals surface area contributed by atoms with Crippen LogP contribution in [-0.2, 0) is 0 Å². The van der Waals surface area contributed by atoms with Crippen molar-refractivity contribution in [1.29, 1.82) is 0 Å². The van der Waals surface area contributed by atoms with Gasteiger partial charge in [-0.05, 0) is 35.1 Å². The van der Waals surface area contributed by atoms with Crippen molar-refractivity contribution in [2.24, 2.45) is 0 Å². The topological polar surface area (TPSA) is 0 Å². The predicted octanol–water partition coefficient (Wildman–Crippen LogP) is 4.68. The van der Waals surface area contributed by atoms with Crippen molar-refractivity contribution in [2.75, 3.05) is 0 Å². The summed E-state index contributed by atoms with van der Waals surface area (Å²) in [5.74, 6) is 0. The lowest BCUT2D eigenvalue weighted by molar-refractivity contribution is 0.723. The van der Waals surface area contributed by atoms with Gasteiger partial charge in [0.1, 0.15) is 0 Å². The third kappa shape index (κ3) is 2.04. The van der Waals surface area contributed by atoms with E-state index < -0.39 is 0 Å². The second kappa shape index (κ2) is 4.48. The molecular formula is C15H18. The Bertz CT molecular complexity index is 396. The molecule has 0 N–H and O–H groups in total. The highest BCUT2D eigenvalue weighted by Gasteiger charge is 2.15. The highest BCUT2D eigenvalue weighted by atomic mass is 14.2. The molecule has 0 amide bonds. The average molecular weight is 198 g/mol.